The molecule has 0 bridgehead atoms. The Labute approximate surface area is 158 Å². The molecule has 6 nitrogen and oxygen atoms in total. The summed E-state index contributed by atoms with van der Waals surface area (Å²) in [5.74, 6) is -5.87. The molecule has 2 N–H and O–H groups in total. The van der Waals surface area contributed by atoms with Gasteiger partial charge in [-0.3, -0.25) is 14.5 Å². The fourth-order valence-electron chi connectivity index (χ4n) is 2.84. The van der Waals surface area contributed by atoms with Crippen LogP contribution in [0, 0.1) is 17.5 Å². The normalized spacial score (nSPS) is 16.2. The van der Waals surface area contributed by atoms with Crippen LogP contribution in [0.25, 0.3) is 0 Å². The number of imide groups is 1. The van der Waals surface area contributed by atoms with Crippen LogP contribution in [0.2, 0.25) is 0 Å². The number of urea groups is 1. The third kappa shape index (κ3) is 4.30. The summed E-state index contributed by atoms with van der Waals surface area (Å²) in [6.45, 7) is 0.154. The molecule has 1 atom stereocenters. The number of carbonyl (C=O) groups excluding carboxylic acids is 3. The monoisotopic (exact) mass is 391 g/mol. The van der Waals surface area contributed by atoms with Crippen molar-refractivity contribution in [1.82, 2.24) is 10.2 Å². The van der Waals surface area contributed by atoms with Crippen LogP contribution in [0.5, 0.6) is 0 Å². The van der Waals surface area contributed by atoms with Gasteiger partial charge in [0.15, 0.2) is 17.5 Å². The fourth-order valence-corrected chi connectivity index (χ4v) is 2.84. The molecule has 3 rings (SSSR count). The second-order valence-electron chi connectivity index (χ2n) is 6.23. The number of nitrogens with zero attached hydrogens (tertiary/aromatic N) is 1. The molecule has 9 heteroatoms. The molecule has 1 heterocycles. The van der Waals surface area contributed by atoms with Crippen LogP contribution in [0.3, 0.4) is 0 Å². The zero-order valence-corrected chi connectivity index (χ0v) is 14.5. The summed E-state index contributed by atoms with van der Waals surface area (Å²) < 4.78 is 39.3. The number of hydrogen-bond acceptors (Lipinski definition) is 3. The Morgan fingerprint density at radius 3 is 2.36 bits per heavy atom. The summed E-state index contributed by atoms with van der Waals surface area (Å²) >= 11 is 0. The molecule has 1 fully saturated rings. The topological polar surface area (TPSA) is 78.5 Å². The lowest BCUT2D eigenvalue weighted by atomic mass is 10.1. The van der Waals surface area contributed by atoms with E-state index in [0.717, 1.165) is 10.5 Å². The molecule has 2 aromatic rings. The number of halogens is 3. The van der Waals surface area contributed by atoms with Gasteiger partial charge >= 0.3 is 6.03 Å². The van der Waals surface area contributed by atoms with Gasteiger partial charge in [-0.25, -0.2) is 18.0 Å². The van der Waals surface area contributed by atoms with E-state index in [-0.39, 0.29) is 12.2 Å². The van der Waals surface area contributed by atoms with Crippen molar-refractivity contribution in [2.24, 2.45) is 0 Å². The second-order valence-corrected chi connectivity index (χ2v) is 6.23. The van der Waals surface area contributed by atoms with E-state index in [1.54, 1.807) is 0 Å². The van der Waals surface area contributed by atoms with Crippen LogP contribution < -0.4 is 10.6 Å². The van der Waals surface area contributed by atoms with Gasteiger partial charge in [-0.1, -0.05) is 30.3 Å². The minimum Gasteiger partial charge on any atom is -0.326 e. The molecular weight excluding hydrogens is 375 g/mol. The van der Waals surface area contributed by atoms with Crippen LogP contribution in [0.1, 0.15) is 12.0 Å². The second kappa shape index (κ2) is 8.12. The van der Waals surface area contributed by atoms with Crippen molar-refractivity contribution in [2.45, 2.75) is 18.9 Å². The lowest BCUT2D eigenvalue weighted by molar-refractivity contribution is -0.129. The number of hydrogen-bond donors (Lipinski definition) is 2. The van der Waals surface area contributed by atoms with E-state index in [1.165, 1.54) is 0 Å². The molecule has 146 valence electrons. The highest BCUT2D eigenvalue weighted by Crippen LogP contribution is 2.18. The van der Waals surface area contributed by atoms with Gasteiger partial charge in [0, 0.05) is 24.4 Å². The van der Waals surface area contributed by atoms with Crippen LogP contribution in [-0.4, -0.2) is 35.3 Å². The van der Waals surface area contributed by atoms with E-state index in [1.807, 2.05) is 30.3 Å². The fraction of sp³-hybridized carbons (Fsp3) is 0.211. The Hall–Kier alpha value is -3.36. The third-order valence-electron chi connectivity index (χ3n) is 4.23. The minimum absolute atomic E-state index is 0.154. The van der Waals surface area contributed by atoms with Crippen LogP contribution in [-0.2, 0) is 16.0 Å². The largest absolute Gasteiger partial charge is 0.326 e. The van der Waals surface area contributed by atoms with Crippen molar-refractivity contribution in [3.8, 4) is 0 Å². The molecule has 2 aromatic carbocycles. The lowest BCUT2D eigenvalue weighted by Crippen LogP contribution is -2.35. The molecule has 4 amide bonds. The number of carbonyl (C=O) groups is 3. The average Bonchev–Trinajstić information content (AvgIpc) is 2.91. The van der Waals surface area contributed by atoms with Gasteiger partial charge in [-0.05, 0) is 12.0 Å². The maximum atomic E-state index is 13.2. The highest BCUT2D eigenvalue weighted by atomic mass is 19.2. The lowest BCUT2D eigenvalue weighted by Gasteiger charge is -2.13. The summed E-state index contributed by atoms with van der Waals surface area (Å²) in [4.78, 5) is 37.4. The molecule has 0 spiro atoms. The molecule has 1 aliphatic heterocycles. The zero-order valence-electron chi connectivity index (χ0n) is 14.5. The molecule has 0 saturated carbocycles. The van der Waals surface area contributed by atoms with Crippen LogP contribution >= 0.6 is 0 Å². The first-order chi connectivity index (χ1) is 13.3. The number of nitrogens with one attached hydrogen (secondary N) is 2. The molecule has 0 radical (unpaired) electrons. The summed E-state index contributed by atoms with van der Waals surface area (Å²) in [6.07, 6.45) is 0.0417. The number of benzene rings is 2. The van der Waals surface area contributed by atoms with Gasteiger partial charge in [0.25, 0.3) is 5.91 Å². The number of anilines is 1. The van der Waals surface area contributed by atoms with E-state index >= 15 is 0 Å². The molecule has 1 saturated heterocycles. The van der Waals surface area contributed by atoms with Gasteiger partial charge in [-0.2, -0.15) is 0 Å². The average molecular weight is 391 g/mol. The standard InChI is InChI=1S/C19H16F3N3O3/c20-13-8-12(9-14(21)17(13)22)23-16(26)10-15-18(27)25(19(28)24-15)7-6-11-4-2-1-3-5-11/h1-5,8-9,15H,6-7,10H2,(H,23,26)(H,24,28)/t15-/m1/s1. The SMILES string of the molecule is O=C(C[C@H]1NC(=O)N(CCc2ccccc2)C1=O)Nc1cc(F)c(F)c(F)c1. The first-order valence-electron chi connectivity index (χ1n) is 8.45. The molecule has 1 aliphatic rings. The van der Waals surface area contributed by atoms with E-state index < -0.39 is 47.8 Å². The molecule has 28 heavy (non-hydrogen) atoms. The van der Waals surface area contributed by atoms with E-state index in [9.17, 15) is 27.6 Å². The Bertz CT molecular complexity index is 898. The van der Waals surface area contributed by atoms with Gasteiger partial charge < -0.3 is 10.6 Å². The Morgan fingerprint density at radius 1 is 1.07 bits per heavy atom. The van der Waals surface area contributed by atoms with Gasteiger partial charge in [0.2, 0.25) is 5.91 Å². The van der Waals surface area contributed by atoms with Gasteiger partial charge in [-0.15, -0.1) is 0 Å². The van der Waals surface area contributed by atoms with Crippen LogP contribution in [0.4, 0.5) is 23.7 Å². The molecule has 0 aliphatic carbocycles. The smallest absolute Gasteiger partial charge is 0.324 e. The Balaban J connectivity index is 1.58. The van der Waals surface area contributed by atoms with Gasteiger partial charge in [0.1, 0.15) is 6.04 Å². The van der Waals surface area contributed by atoms with Gasteiger partial charge in [0.05, 0.1) is 6.42 Å². The predicted octanol–water partition coefficient (Wildman–Crippen LogP) is 2.60. The quantitative estimate of drug-likeness (QED) is 0.587. The van der Waals surface area contributed by atoms with Crippen molar-refractivity contribution in [3.63, 3.8) is 0 Å². The predicted molar refractivity (Wildman–Crippen MR) is 93.7 cm³/mol. The van der Waals surface area contributed by atoms with E-state index in [0.29, 0.717) is 18.6 Å². The summed E-state index contributed by atoms with van der Waals surface area (Å²) in [7, 11) is 0. The van der Waals surface area contributed by atoms with Crippen molar-refractivity contribution in [3.05, 3.63) is 65.5 Å². The molecule has 0 unspecified atom stereocenters. The van der Waals surface area contributed by atoms with E-state index in [2.05, 4.69) is 10.6 Å². The van der Waals surface area contributed by atoms with Crippen molar-refractivity contribution in [2.75, 3.05) is 11.9 Å². The van der Waals surface area contributed by atoms with Crippen molar-refractivity contribution in [1.29, 1.82) is 0 Å². The summed E-state index contributed by atoms with van der Waals surface area (Å²) in [5.41, 5.74) is 0.656. The van der Waals surface area contributed by atoms with E-state index in [4.69, 9.17) is 0 Å². The zero-order chi connectivity index (χ0) is 20.3. The Kier molecular flexibility index (Phi) is 5.62. The third-order valence-corrected chi connectivity index (χ3v) is 4.23. The highest BCUT2D eigenvalue weighted by Gasteiger charge is 2.38. The summed E-state index contributed by atoms with van der Waals surface area (Å²) in [5, 5.41) is 4.59. The maximum Gasteiger partial charge on any atom is 0.324 e. The first-order valence-corrected chi connectivity index (χ1v) is 8.45. The maximum absolute atomic E-state index is 13.2. The summed E-state index contributed by atoms with van der Waals surface area (Å²) in [6, 6.07) is 8.82. The molecular formula is C19H16F3N3O3. The highest BCUT2D eigenvalue weighted by molar-refractivity contribution is 6.06. The van der Waals surface area contributed by atoms with Crippen LogP contribution in [0.15, 0.2) is 42.5 Å². The first kappa shape index (κ1) is 19.4. The van der Waals surface area contributed by atoms with Crippen molar-refractivity contribution < 1.29 is 27.6 Å². The number of amides is 4. The Morgan fingerprint density at radius 2 is 1.71 bits per heavy atom. The minimum atomic E-state index is -1.65. The van der Waals surface area contributed by atoms with Crippen molar-refractivity contribution >= 4 is 23.5 Å². The molecule has 0 aromatic heterocycles. The number of rotatable bonds is 6.